The van der Waals surface area contributed by atoms with E-state index in [4.69, 9.17) is 0 Å². The van der Waals surface area contributed by atoms with Crippen LogP contribution in [-0.2, 0) is 0 Å². The first-order valence-electron chi connectivity index (χ1n) is 8.78. The molecule has 22 heavy (non-hydrogen) atoms. The minimum Gasteiger partial charge on any atom is -0.364 e. The molecule has 0 aromatic heterocycles. The summed E-state index contributed by atoms with van der Waals surface area (Å²) in [6, 6.07) is 0. The molecular weight excluding hydrogens is 282 g/mol. The van der Waals surface area contributed by atoms with Crippen molar-refractivity contribution in [3.05, 3.63) is 0 Å². The van der Waals surface area contributed by atoms with Crippen molar-refractivity contribution in [1.82, 2.24) is 4.90 Å². The minimum atomic E-state index is -1.89. The van der Waals surface area contributed by atoms with Crippen LogP contribution in [0.2, 0.25) is 0 Å². The Labute approximate surface area is 132 Å². The van der Waals surface area contributed by atoms with Crippen molar-refractivity contribution in [2.45, 2.75) is 83.5 Å². The molecule has 0 radical (unpaired) electrons. The van der Waals surface area contributed by atoms with Gasteiger partial charge in [0.15, 0.2) is 5.79 Å². The third-order valence-electron chi connectivity index (χ3n) is 6.69. The second-order valence-corrected chi connectivity index (χ2v) is 8.24. The molecule has 4 N–H and O–H groups in total. The number of hydrogen-bond acceptors (Lipinski definition) is 5. The lowest BCUT2D eigenvalue weighted by molar-refractivity contribution is -0.318. The van der Waals surface area contributed by atoms with Gasteiger partial charge in [-0.2, -0.15) is 0 Å². The maximum absolute atomic E-state index is 10.9. The van der Waals surface area contributed by atoms with Crippen LogP contribution in [-0.4, -0.2) is 49.1 Å². The molecule has 4 aliphatic rings. The minimum absolute atomic E-state index is 0.0817. The largest absolute Gasteiger partial charge is 0.364 e. The lowest BCUT2D eigenvalue weighted by Gasteiger charge is -2.50. The maximum atomic E-state index is 10.9. The molecule has 1 atom stereocenters. The Balaban J connectivity index is 0.000000693. The van der Waals surface area contributed by atoms with E-state index < -0.39 is 17.2 Å². The van der Waals surface area contributed by atoms with Gasteiger partial charge in [0, 0.05) is 24.3 Å². The van der Waals surface area contributed by atoms with Crippen molar-refractivity contribution in [2.75, 3.05) is 6.54 Å². The number of hydrogen-bond donors (Lipinski definition) is 4. The van der Waals surface area contributed by atoms with Gasteiger partial charge in [0.05, 0.1) is 5.54 Å². The molecule has 5 nitrogen and oxygen atoms in total. The highest BCUT2D eigenvalue weighted by Gasteiger charge is 2.83. The van der Waals surface area contributed by atoms with Crippen molar-refractivity contribution in [3.8, 4) is 0 Å². The average Bonchev–Trinajstić information content (AvgIpc) is 3.29. The molecule has 5 heteroatoms. The molecule has 2 heterocycles. The first kappa shape index (κ1) is 16.7. The lowest BCUT2D eigenvalue weighted by atomic mass is 9.68. The van der Waals surface area contributed by atoms with Crippen molar-refractivity contribution in [3.63, 3.8) is 0 Å². The van der Waals surface area contributed by atoms with E-state index in [2.05, 4.69) is 0 Å². The van der Waals surface area contributed by atoms with Crippen molar-refractivity contribution in [2.24, 2.45) is 16.7 Å². The Hall–Kier alpha value is -0.200. The summed E-state index contributed by atoms with van der Waals surface area (Å²) in [7, 11) is 0. The van der Waals surface area contributed by atoms with Gasteiger partial charge in [-0.15, -0.1) is 0 Å². The molecule has 2 saturated heterocycles. The standard InChI is InChI=1S/C15H25NO4.C2H6/c1-10(2)15(19,20)13-7-11(3-4-11)9-16(13)14(17,18)8-12(13)5-6-12;1-2/h10,17-20H,3-9H2,1-2H3;1-2H3. The fraction of sp³-hybridized carbons (Fsp3) is 1.00. The summed E-state index contributed by atoms with van der Waals surface area (Å²) in [5.74, 6) is -4.12. The summed E-state index contributed by atoms with van der Waals surface area (Å²) in [5.41, 5.74) is -1.15. The Bertz CT molecular complexity index is 465. The summed E-state index contributed by atoms with van der Waals surface area (Å²) >= 11 is 0. The van der Waals surface area contributed by atoms with Crippen LogP contribution in [0, 0.1) is 16.7 Å². The number of fused-ring (bicyclic) bond motifs is 2. The van der Waals surface area contributed by atoms with E-state index in [0.717, 1.165) is 25.7 Å². The molecule has 0 aromatic rings. The van der Waals surface area contributed by atoms with Crippen molar-refractivity contribution < 1.29 is 20.4 Å². The smallest absolute Gasteiger partial charge is 0.226 e. The van der Waals surface area contributed by atoms with Crippen molar-refractivity contribution in [1.29, 1.82) is 0 Å². The zero-order valence-electron chi connectivity index (χ0n) is 14.3. The third kappa shape index (κ3) is 1.77. The van der Waals surface area contributed by atoms with Crippen LogP contribution in [0.5, 0.6) is 0 Å². The molecule has 4 rings (SSSR count). The monoisotopic (exact) mass is 313 g/mol. The summed E-state index contributed by atoms with van der Waals surface area (Å²) in [4.78, 5) is 1.64. The normalized spacial score (nSPS) is 36.4. The van der Waals surface area contributed by atoms with Crippen LogP contribution < -0.4 is 0 Å². The van der Waals surface area contributed by atoms with E-state index in [1.54, 1.807) is 18.7 Å². The van der Waals surface area contributed by atoms with Gasteiger partial charge in [0.1, 0.15) is 0 Å². The molecule has 2 aliphatic heterocycles. The highest BCUT2D eigenvalue weighted by Crippen LogP contribution is 2.77. The quantitative estimate of drug-likeness (QED) is 0.579. The Morgan fingerprint density at radius 2 is 1.50 bits per heavy atom. The molecule has 0 amide bonds. The first-order valence-corrected chi connectivity index (χ1v) is 8.78. The molecular formula is C17H31NO4. The molecule has 0 bridgehead atoms. The number of nitrogens with zero attached hydrogens (tertiary/aromatic N) is 1. The predicted molar refractivity (Wildman–Crippen MR) is 82.5 cm³/mol. The maximum Gasteiger partial charge on any atom is 0.226 e. The van der Waals surface area contributed by atoms with Crippen LogP contribution in [0.25, 0.3) is 0 Å². The molecule has 2 saturated carbocycles. The van der Waals surface area contributed by atoms with Crippen LogP contribution in [0.1, 0.15) is 66.2 Å². The Morgan fingerprint density at radius 3 is 1.91 bits per heavy atom. The summed E-state index contributed by atoms with van der Waals surface area (Å²) < 4.78 is 0. The lowest BCUT2D eigenvalue weighted by Crippen LogP contribution is -2.67. The van der Waals surface area contributed by atoms with Gasteiger partial charge in [-0.3, -0.25) is 0 Å². The van der Waals surface area contributed by atoms with E-state index in [1.807, 2.05) is 13.8 Å². The Morgan fingerprint density at radius 1 is 0.955 bits per heavy atom. The Kier molecular flexibility index (Phi) is 3.37. The SMILES string of the molecule is CC.CC(C)C(O)(O)C12CC3(CC3)CN1C(O)(O)CC21CC1. The molecule has 2 spiro atoms. The fourth-order valence-corrected chi connectivity index (χ4v) is 5.22. The third-order valence-corrected chi connectivity index (χ3v) is 6.69. The van der Waals surface area contributed by atoms with Gasteiger partial charge >= 0.3 is 0 Å². The number of rotatable bonds is 2. The van der Waals surface area contributed by atoms with Crippen LogP contribution >= 0.6 is 0 Å². The molecule has 2 aliphatic carbocycles. The predicted octanol–water partition coefficient (Wildman–Crippen LogP) is 1.40. The summed E-state index contributed by atoms with van der Waals surface area (Å²) in [6.07, 6.45) is 4.77. The molecule has 128 valence electrons. The van der Waals surface area contributed by atoms with Gasteiger partial charge in [-0.25, -0.2) is 4.90 Å². The summed E-state index contributed by atoms with van der Waals surface area (Å²) in [5, 5.41) is 42.8. The van der Waals surface area contributed by atoms with Crippen LogP contribution in [0.3, 0.4) is 0 Å². The molecule has 4 fully saturated rings. The number of aliphatic hydroxyl groups is 4. The van der Waals surface area contributed by atoms with Crippen LogP contribution in [0.4, 0.5) is 0 Å². The zero-order valence-corrected chi connectivity index (χ0v) is 14.3. The zero-order chi connectivity index (χ0) is 16.6. The van der Waals surface area contributed by atoms with Gasteiger partial charge in [-0.1, -0.05) is 27.7 Å². The highest BCUT2D eigenvalue weighted by molar-refractivity contribution is 5.31. The topological polar surface area (TPSA) is 84.2 Å². The fourth-order valence-electron chi connectivity index (χ4n) is 5.22. The van der Waals surface area contributed by atoms with E-state index in [0.29, 0.717) is 13.0 Å². The second-order valence-electron chi connectivity index (χ2n) is 8.24. The van der Waals surface area contributed by atoms with E-state index in [-0.39, 0.29) is 23.2 Å². The van der Waals surface area contributed by atoms with Gasteiger partial charge in [-0.05, 0) is 37.5 Å². The second kappa shape index (κ2) is 4.45. The van der Waals surface area contributed by atoms with Gasteiger partial charge in [0.2, 0.25) is 5.91 Å². The van der Waals surface area contributed by atoms with Gasteiger partial charge in [0.25, 0.3) is 0 Å². The van der Waals surface area contributed by atoms with Crippen molar-refractivity contribution >= 4 is 0 Å². The average molecular weight is 313 g/mol. The summed E-state index contributed by atoms with van der Waals surface area (Å²) in [6.45, 7) is 8.18. The highest BCUT2D eigenvalue weighted by atomic mass is 16.5. The van der Waals surface area contributed by atoms with Gasteiger partial charge < -0.3 is 20.4 Å². The molecule has 0 aromatic carbocycles. The van der Waals surface area contributed by atoms with E-state index >= 15 is 0 Å². The first-order chi connectivity index (χ1) is 10.1. The molecule has 1 unspecified atom stereocenters. The van der Waals surface area contributed by atoms with E-state index in [9.17, 15) is 20.4 Å². The van der Waals surface area contributed by atoms with Crippen LogP contribution in [0.15, 0.2) is 0 Å². The van der Waals surface area contributed by atoms with E-state index in [1.165, 1.54) is 0 Å².